The van der Waals surface area contributed by atoms with Crippen LogP contribution in [0.1, 0.15) is 18.0 Å². The Morgan fingerprint density at radius 1 is 1.26 bits per heavy atom. The summed E-state index contributed by atoms with van der Waals surface area (Å²) in [7, 11) is 0. The number of halogens is 1. The first-order chi connectivity index (χ1) is 11.1. The van der Waals surface area contributed by atoms with Crippen LogP contribution in [0.25, 0.3) is 0 Å². The lowest BCUT2D eigenvalue weighted by atomic mass is 10.0. The quantitative estimate of drug-likeness (QED) is 0.704. The Morgan fingerprint density at radius 2 is 2.00 bits per heavy atom. The Kier molecular flexibility index (Phi) is 6.43. The Hall–Kier alpha value is -2.05. The summed E-state index contributed by atoms with van der Waals surface area (Å²) in [6.07, 6.45) is 2.19. The van der Waals surface area contributed by atoms with Crippen molar-refractivity contribution in [2.75, 3.05) is 18.2 Å². The van der Waals surface area contributed by atoms with Gasteiger partial charge in [-0.1, -0.05) is 30.3 Å². The van der Waals surface area contributed by atoms with E-state index in [0.29, 0.717) is 17.0 Å². The van der Waals surface area contributed by atoms with Gasteiger partial charge in [-0.15, -0.1) is 11.8 Å². The first-order valence-electron chi connectivity index (χ1n) is 7.21. The minimum Gasteiger partial charge on any atom is -0.396 e. The van der Waals surface area contributed by atoms with Crippen molar-refractivity contribution >= 4 is 23.5 Å². The number of nitrogens with one attached hydrogen (secondary N) is 2. The van der Waals surface area contributed by atoms with Crippen molar-refractivity contribution < 1.29 is 14.3 Å². The first kappa shape index (κ1) is 17.3. The van der Waals surface area contributed by atoms with E-state index in [1.165, 1.54) is 17.8 Å². The summed E-state index contributed by atoms with van der Waals surface area (Å²) in [6, 6.07) is 13.2. The number of urea groups is 1. The Balaban J connectivity index is 2.03. The molecule has 23 heavy (non-hydrogen) atoms. The maximum Gasteiger partial charge on any atom is 0.319 e. The number of aliphatic hydroxyl groups is 1. The highest BCUT2D eigenvalue weighted by molar-refractivity contribution is 7.98. The van der Waals surface area contributed by atoms with E-state index in [-0.39, 0.29) is 18.5 Å². The van der Waals surface area contributed by atoms with Crippen LogP contribution in [0.2, 0.25) is 0 Å². The summed E-state index contributed by atoms with van der Waals surface area (Å²) < 4.78 is 13.7. The van der Waals surface area contributed by atoms with Gasteiger partial charge in [-0.25, -0.2) is 9.18 Å². The van der Waals surface area contributed by atoms with Gasteiger partial charge in [-0.05, 0) is 36.4 Å². The van der Waals surface area contributed by atoms with Gasteiger partial charge in [-0.3, -0.25) is 0 Å². The number of thioether (sulfide) groups is 1. The van der Waals surface area contributed by atoms with Gasteiger partial charge in [0.05, 0.1) is 6.04 Å². The fourth-order valence-electron chi connectivity index (χ4n) is 2.21. The molecule has 0 saturated carbocycles. The molecule has 0 bridgehead atoms. The molecular weight excluding hydrogens is 315 g/mol. The zero-order valence-electron chi connectivity index (χ0n) is 12.8. The highest BCUT2D eigenvalue weighted by Crippen LogP contribution is 2.22. The largest absolute Gasteiger partial charge is 0.396 e. The molecule has 0 fully saturated rings. The number of amides is 2. The molecule has 4 nitrogen and oxygen atoms in total. The van der Waals surface area contributed by atoms with Crippen molar-refractivity contribution in [3.63, 3.8) is 0 Å². The number of hydrogen-bond acceptors (Lipinski definition) is 3. The van der Waals surface area contributed by atoms with Crippen LogP contribution in [0.3, 0.4) is 0 Å². The van der Waals surface area contributed by atoms with Crippen LogP contribution in [-0.2, 0) is 0 Å². The first-order valence-corrected chi connectivity index (χ1v) is 8.43. The van der Waals surface area contributed by atoms with E-state index in [1.807, 2.05) is 30.3 Å². The van der Waals surface area contributed by atoms with Gasteiger partial charge in [0.25, 0.3) is 0 Å². The second-order valence-corrected chi connectivity index (χ2v) is 5.77. The third-order valence-corrected chi connectivity index (χ3v) is 4.11. The molecular formula is C17H19FN2O2S. The van der Waals surface area contributed by atoms with Gasteiger partial charge in [0.15, 0.2) is 0 Å². The average molecular weight is 334 g/mol. The second kappa shape index (κ2) is 8.55. The van der Waals surface area contributed by atoms with Crippen molar-refractivity contribution in [3.8, 4) is 0 Å². The van der Waals surface area contributed by atoms with Gasteiger partial charge >= 0.3 is 6.03 Å². The van der Waals surface area contributed by atoms with Crippen LogP contribution >= 0.6 is 11.8 Å². The molecule has 2 amide bonds. The highest BCUT2D eigenvalue weighted by Gasteiger charge is 2.14. The number of aliphatic hydroxyl groups excluding tert-OH is 1. The van der Waals surface area contributed by atoms with Crippen molar-refractivity contribution in [3.05, 3.63) is 59.9 Å². The van der Waals surface area contributed by atoms with Crippen LogP contribution in [-0.4, -0.2) is 24.0 Å². The minimum absolute atomic E-state index is 0.0448. The lowest BCUT2D eigenvalue weighted by Crippen LogP contribution is -2.33. The zero-order valence-corrected chi connectivity index (χ0v) is 13.6. The molecule has 3 N–H and O–H groups in total. The zero-order chi connectivity index (χ0) is 16.7. The number of rotatable bonds is 6. The van der Waals surface area contributed by atoms with E-state index in [4.69, 9.17) is 0 Å². The SMILES string of the molecule is CSc1ccc(NC(=O)N[C@H](CCO)c2ccccc2)cc1F. The standard InChI is InChI=1S/C17H19FN2O2S/c1-23-16-8-7-13(11-14(16)18)19-17(22)20-15(9-10-21)12-5-3-2-4-6-12/h2-8,11,15,21H,9-10H2,1H3,(H2,19,20,22)/t15-/m1/s1. The number of hydrogen-bond donors (Lipinski definition) is 3. The molecule has 0 saturated heterocycles. The van der Waals surface area contributed by atoms with Crippen LogP contribution < -0.4 is 10.6 Å². The molecule has 2 rings (SSSR count). The molecule has 122 valence electrons. The van der Waals surface area contributed by atoms with Crippen LogP contribution in [0.5, 0.6) is 0 Å². The van der Waals surface area contributed by atoms with Crippen molar-refractivity contribution in [2.24, 2.45) is 0 Å². The predicted octanol–water partition coefficient (Wildman–Crippen LogP) is 3.79. The number of carbonyl (C=O) groups is 1. The third-order valence-electron chi connectivity index (χ3n) is 3.33. The molecule has 6 heteroatoms. The van der Waals surface area contributed by atoms with E-state index >= 15 is 0 Å². The third kappa shape index (κ3) is 4.97. The molecule has 0 radical (unpaired) electrons. The highest BCUT2D eigenvalue weighted by atomic mass is 32.2. The Morgan fingerprint density at radius 3 is 2.61 bits per heavy atom. The maximum atomic E-state index is 13.7. The lowest BCUT2D eigenvalue weighted by molar-refractivity contribution is 0.239. The number of anilines is 1. The lowest BCUT2D eigenvalue weighted by Gasteiger charge is -2.19. The summed E-state index contributed by atoms with van der Waals surface area (Å²) in [5.74, 6) is -0.370. The maximum absolute atomic E-state index is 13.7. The normalized spacial score (nSPS) is 11.8. The molecule has 0 spiro atoms. The molecule has 2 aromatic rings. The molecule has 0 aromatic heterocycles. The summed E-state index contributed by atoms with van der Waals surface area (Å²) in [4.78, 5) is 12.6. The van der Waals surface area contributed by atoms with E-state index < -0.39 is 6.03 Å². The molecule has 0 heterocycles. The smallest absolute Gasteiger partial charge is 0.319 e. The Bertz CT molecular complexity index is 652. The van der Waals surface area contributed by atoms with Gasteiger partial charge in [0.1, 0.15) is 5.82 Å². The van der Waals surface area contributed by atoms with E-state index in [2.05, 4.69) is 10.6 Å². The van der Waals surface area contributed by atoms with Gasteiger partial charge < -0.3 is 15.7 Å². The summed E-state index contributed by atoms with van der Waals surface area (Å²) in [5, 5.41) is 14.6. The number of benzene rings is 2. The summed E-state index contributed by atoms with van der Waals surface area (Å²) in [5.41, 5.74) is 1.29. The molecule has 0 aliphatic carbocycles. The van der Waals surface area contributed by atoms with Gasteiger partial charge in [0.2, 0.25) is 0 Å². The summed E-state index contributed by atoms with van der Waals surface area (Å²) >= 11 is 1.31. The second-order valence-electron chi connectivity index (χ2n) is 4.92. The van der Waals surface area contributed by atoms with E-state index in [1.54, 1.807) is 18.4 Å². The van der Waals surface area contributed by atoms with Crippen molar-refractivity contribution in [1.29, 1.82) is 0 Å². The fourth-order valence-corrected chi connectivity index (χ4v) is 2.66. The van der Waals surface area contributed by atoms with Gasteiger partial charge in [-0.2, -0.15) is 0 Å². The van der Waals surface area contributed by atoms with Crippen LogP contribution in [0.15, 0.2) is 53.4 Å². The van der Waals surface area contributed by atoms with Gasteiger partial charge in [0, 0.05) is 17.2 Å². The minimum atomic E-state index is -0.441. The molecule has 2 aromatic carbocycles. The Labute approximate surface area is 139 Å². The molecule has 0 aliphatic heterocycles. The monoisotopic (exact) mass is 334 g/mol. The van der Waals surface area contributed by atoms with Crippen LogP contribution in [0.4, 0.5) is 14.9 Å². The number of carbonyl (C=O) groups excluding carboxylic acids is 1. The van der Waals surface area contributed by atoms with Crippen LogP contribution in [0, 0.1) is 5.82 Å². The topological polar surface area (TPSA) is 61.4 Å². The molecule has 0 aliphatic rings. The average Bonchev–Trinajstić information content (AvgIpc) is 2.55. The molecule has 0 unspecified atom stereocenters. The molecule has 1 atom stereocenters. The van der Waals surface area contributed by atoms with Crippen molar-refractivity contribution in [1.82, 2.24) is 5.32 Å². The van der Waals surface area contributed by atoms with E-state index in [0.717, 1.165) is 5.56 Å². The van der Waals surface area contributed by atoms with E-state index in [9.17, 15) is 14.3 Å². The van der Waals surface area contributed by atoms with Crippen molar-refractivity contribution in [2.45, 2.75) is 17.4 Å². The predicted molar refractivity (Wildman–Crippen MR) is 91.2 cm³/mol. The summed E-state index contributed by atoms with van der Waals surface area (Å²) in [6.45, 7) is -0.0448. The fraction of sp³-hybridized carbons (Fsp3) is 0.235.